The van der Waals surface area contributed by atoms with Crippen LogP contribution >= 0.6 is 0 Å². The second-order valence-electron chi connectivity index (χ2n) is 9.73. The number of hydrogen-bond acceptors (Lipinski definition) is 8. The average Bonchev–Trinajstić information content (AvgIpc) is 3.35. The Bertz CT molecular complexity index is 1040. The van der Waals surface area contributed by atoms with Crippen LogP contribution in [0, 0.1) is 11.3 Å². The van der Waals surface area contributed by atoms with Crippen molar-refractivity contribution in [2.75, 3.05) is 46.4 Å². The predicted octanol–water partition coefficient (Wildman–Crippen LogP) is 1.50. The van der Waals surface area contributed by atoms with Gasteiger partial charge in [0.1, 0.15) is 11.7 Å². The minimum Gasteiger partial charge on any atom is -0.497 e. The summed E-state index contributed by atoms with van der Waals surface area (Å²) < 4.78 is 15.9. The molecule has 1 saturated carbocycles. The van der Waals surface area contributed by atoms with Gasteiger partial charge in [-0.2, -0.15) is 0 Å². The third-order valence-electron chi connectivity index (χ3n) is 8.86. The van der Waals surface area contributed by atoms with E-state index in [4.69, 9.17) is 14.2 Å². The lowest BCUT2D eigenvalue weighted by atomic mass is 9.45. The van der Waals surface area contributed by atoms with Gasteiger partial charge in [0.25, 0.3) is 0 Å². The molecule has 1 N–H and O–H groups in total. The minimum atomic E-state index is -2.12. The molecule has 1 aromatic rings. The summed E-state index contributed by atoms with van der Waals surface area (Å²) in [6.07, 6.45) is 5.42. The number of aliphatic hydroxyl groups is 1. The van der Waals surface area contributed by atoms with Crippen LogP contribution in [0.4, 0.5) is 5.69 Å². The van der Waals surface area contributed by atoms with Crippen LogP contribution in [0.5, 0.6) is 5.75 Å². The Morgan fingerprint density at radius 1 is 1.18 bits per heavy atom. The van der Waals surface area contributed by atoms with Crippen molar-refractivity contribution in [3.05, 3.63) is 35.9 Å². The first kappa shape index (κ1) is 22.2. The molecule has 1 saturated heterocycles. The van der Waals surface area contributed by atoms with Gasteiger partial charge in [-0.1, -0.05) is 25.1 Å². The van der Waals surface area contributed by atoms with Gasteiger partial charge in [-0.25, -0.2) is 4.79 Å². The number of carbonyl (C=O) groups excluding carboxylic acids is 2. The molecule has 8 heteroatoms. The highest BCUT2D eigenvalue weighted by molar-refractivity contribution is 5.92. The SMILES string of the molecule is CC[C@]12C=CCN3CC[C@]4(c5ccc(OC)cc5N(C)[C@H]4[C@](O)(C(=O)OC)[C@@H]1C(=O)OC)[C@@H]32. The highest BCUT2D eigenvalue weighted by Crippen LogP contribution is 2.68. The Kier molecular flexibility index (Phi) is 4.85. The normalized spacial score (nSPS) is 38.4. The number of anilines is 1. The largest absolute Gasteiger partial charge is 0.497 e. The lowest BCUT2D eigenvalue weighted by Gasteiger charge is -2.63. The average molecular weight is 457 g/mol. The van der Waals surface area contributed by atoms with Crippen LogP contribution in [-0.2, 0) is 24.5 Å². The predicted molar refractivity (Wildman–Crippen MR) is 121 cm³/mol. The van der Waals surface area contributed by atoms with Gasteiger partial charge >= 0.3 is 11.9 Å². The molecule has 6 atom stereocenters. The number of esters is 2. The maximum Gasteiger partial charge on any atom is 0.341 e. The van der Waals surface area contributed by atoms with Crippen LogP contribution in [0.25, 0.3) is 0 Å². The van der Waals surface area contributed by atoms with Crippen molar-refractivity contribution in [2.24, 2.45) is 11.3 Å². The van der Waals surface area contributed by atoms with Gasteiger partial charge in [0.2, 0.25) is 0 Å². The van der Waals surface area contributed by atoms with Crippen LogP contribution in [-0.4, -0.2) is 81.1 Å². The number of nitrogens with zero attached hydrogens (tertiary/aromatic N) is 2. The third kappa shape index (κ3) is 2.38. The number of likely N-dealkylation sites (N-methyl/N-ethyl adjacent to an activating group) is 1. The van der Waals surface area contributed by atoms with Crippen molar-refractivity contribution in [1.82, 2.24) is 4.90 Å². The molecule has 3 aliphatic heterocycles. The van der Waals surface area contributed by atoms with Gasteiger partial charge in [0.15, 0.2) is 5.60 Å². The maximum absolute atomic E-state index is 13.5. The van der Waals surface area contributed by atoms with Gasteiger partial charge < -0.3 is 24.2 Å². The zero-order valence-corrected chi connectivity index (χ0v) is 19.8. The molecular weight excluding hydrogens is 424 g/mol. The molecule has 8 nitrogen and oxygen atoms in total. The summed E-state index contributed by atoms with van der Waals surface area (Å²) in [5, 5.41) is 12.5. The molecule has 5 rings (SSSR count). The van der Waals surface area contributed by atoms with E-state index in [1.165, 1.54) is 14.2 Å². The van der Waals surface area contributed by atoms with E-state index in [0.29, 0.717) is 12.2 Å². The number of fused-ring (bicyclic) bond motifs is 1. The zero-order valence-electron chi connectivity index (χ0n) is 19.8. The zero-order chi connectivity index (χ0) is 23.8. The first-order valence-corrected chi connectivity index (χ1v) is 11.5. The Morgan fingerprint density at radius 2 is 1.94 bits per heavy atom. The first-order valence-electron chi connectivity index (χ1n) is 11.5. The van der Waals surface area contributed by atoms with E-state index in [2.05, 4.69) is 23.1 Å². The monoisotopic (exact) mass is 456 g/mol. The molecule has 2 fully saturated rings. The quantitative estimate of drug-likeness (QED) is 0.539. The second-order valence-corrected chi connectivity index (χ2v) is 9.73. The number of benzene rings is 1. The van der Waals surface area contributed by atoms with Crippen LogP contribution in [0.15, 0.2) is 30.4 Å². The van der Waals surface area contributed by atoms with Gasteiger partial charge in [-0.3, -0.25) is 9.69 Å². The van der Waals surface area contributed by atoms with E-state index in [0.717, 1.165) is 30.8 Å². The van der Waals surface area contributed by atoms with E-state index in [1.807, 2.05) is 31.0 Å². The van der Waals surface area contributed by atoms with Gasteiger partial charge in [0, 0.05) is 42.2 Å². The summed E-state index contributed by atoms with van der Waals surface area (Å²) in [6, 6.07) is 5.15. The van der Waals surface area contributed by atoms with Crippen molar-refractivity contribution in [3.63, 3.8) is 0 Å². The number of rotatable bonds is 4. The Labute approximate surface area is 194 Å². The lowest BCUT2D eigenvalue weighted by Crippen LogP contribution is -2.80. The fourth-order valence-electron chi connectivity index (χ4n) is 7.89. The maximum atomic E-state index is 13.5. The van der Waals surface area contributed by atoms with E-state index in [1.54, 1.807) is 7.11 Å². The van der Waals surface area contributed by atoms with Crippen molar-refractivity contribution < 1.29 is 28.9 Å². The molecular formula is C25H32N2O6. The summed E-state index contributed by atoms with van der Waals surface area (Å²) in [6.45, 7) is 3.58. The van der Waals surface area contributed by atoms with E-state index < -0.39 is 40.3 Å². The summed E-state index contributed by atoms with van der Waals surface area (Å²) in [5.74, 6) is -1.83. The fourth-order valence-corrected chi connectivity index (χ4v) is 7.89. The Balaban J connectivity index is 1.88. The number of hydrogen-bond donors (Lipinski definition) is 1. The van der Waals surface area contributed by atoms with Gasteiger partial charge in [0.05, 0.1) is 27.4 Å². The molecule has 1 aliphatic carbocycles. The van der Waals surface area contributed by atoms with Crippen molar-refractivity contribution in [1.29, 1.82) is 0 Å². The molecule has 178 valence electrons. The number of ether oxygens (including phenoxy) is 3. The smallest absolute Gasteiger partial charge is 0.341 e. The van der Waals surface area contributed by atoms with Crippen LogP contribution in [0.1, 0.15) is 25.3 Å². The fraction of sp³-hybridized carbons (Fsp3) is 0.600. The first-order chi connectivity index (χ1) is 15.8. The molecule has 0 unspecified atom stereocenters. The van der Waals surface area contributed by atoms with Crippen molar-refractivity contribution in [3.8, 4) is 5.75 Å². The molecule has 1 spiro atoms. The lowest BCUT2D eigenvalue weighted by molar-refractivity contribution is -0.209. The third-order valence-corrected chi connectivity index (χ3v) is 8.86. The van der Waals surface area contributed by atoms with E-state index in [9.17, 15) is 14.7 Å². The molecule has 0 radical (unpaired) electrons. The van der Waals surface area contributed by atoms with Gasteiger partial charge in [-0.15, -0.1) is 0 Å². The van der Waals surface area contributed by atoms with Gasteiger partial charge in [-0.05, 0) is 31.0 Å². The van der Waals surface area contributed by atoms with Crippen LogP contribution in [0.3, 0.4) is 0 Å². The standard InChI is InChI=1S/C25H32N2O6/c1-6-23-10-7-12-27-13-11-24(20(23)27)16-9-8-15(31-3)14-17(16)26(2)21(24)25(30,22(29)33-5)18(23)19(28)32-4/h7-10,14,18,20-21,30H,6,11-13H2,1-5H3/t18-,20+,21-,23+,24+,25+/m1/s1. The molecule has 4 aliphatic rings. The molecule has 0 aromatic heterocycles. The molecule has 1 aromatic carbocycles. The Morgan fingerprint density at radius 3 is 2.58 bits per heavy atom. The summed E-state index contributed by atoms with van der Waals surface area (Å²) in [4.78, 5) is 31.3. The number of methoxy groups -OCH3 is 3. The minimum absolute atomic E-state index is 0.0869. The van der Waals surface area contributed by atoms with E-state index in [-0.39, 0.29) is 6.04 Å². The summed E-state index contributed by atoms with van der Waals surface area (Å²) >= 11 is 0. The van der Waals surface area contributed by atoms with Crippen LogP contribution < -0.4 is 9.64 Å². The Hall–Kier alpha value is -2.58. The van der Waals surface area contributed by atoms with Crippen LogP contribution in [0.2, 0.25) is 0 Å². The molecule has 0 bridgehead atoms. The van der Waals surface area contributed by atoms with E-state index >= 15 is 0 Å². The highest BCUT2D eigenvalue weighted by Gasteiger charge is 2.80. The molecule has 33 heavy (non-hydrogen) atoms. The van der Waals surface area contributed by atoms with Crippen molar-refractivity contribution >= 4 is 17.6 Å². The highest BCUT2D eigenvalue weighted by atomic mass is 16.5. The second kappa shape index (κ2) is 7.21. The molecule has 3 heterocycles. The number of carbonyl (C=O) groups is 2. The summed E-state index contributed by atoms with van der Waals surface area (Å²) in [5.41, 5.74) is -1.53. The molecule has 0 amide bonds. The topological polar surface area (TPSA) is 88.5 Å². The van der Waals surface area contributed by atoms with Crippen molar-refractivity contribution in [2.45, 2.75) is 42.9 Å². The summed E-state index contributed by atoms with van der Waals surface area (Å²) in [7, 11) is 6.06.